The number of aromatic nitrogens is 2. The molecule has 1 aliphatic rings. The Bertz CT molecular complexity index is 597. The van der Waals surface area contributed by atoms with Crippen LogP contribution in [0.2, 0.25) is 0 Å². The van der Waals surface area contributed by atoms with Gasteiger partial charge in [-0.15, -0.1) is 0 Å². The highest BCUT2D eigenvalue weighted by Gasteiger charge is 2.47. The van der Waals surface area contributed by atoms with E-state index in [1.165, 1.54) is 17.1 Å². The molecule has 2 aromatic rings. The average molecular weight is 303 g/mol. The van der Waals surface area contributed by atoms with E-state index in [-0.39, 0.29) is 5.41 Å². The molecule has 1 fully saturated rings. The number of rotatable bonds is 5. The molecular weight excluding hydrogens is 282 g/mol. The van der Waals surface area contributed by atoms with Crippen molar-refractivity contribution in [3.05, 3.63) is 41.7 Å². The fourth-order valence-corrected chi connectivity index (χ4v) is 3.77. The normalized spacial score (nSPS) is 20.3. The molecule has 1 atom stereocenters. The lowest BCUT2D eigenvalue weighted by Crippen LogP contribution is -2.55. The van der Waals surface area contributed by atoms with Gasteiger partial charge in [0.2, 0.25) is 5.13 Å². The van der Waals surface area contributed by atoms with Crippen molar-refractivity contribution in [2.75, 3.05) is 25.2 Å². The minimum atomic E-state index is 0.264. The van der Waals surface area contributed by atoms with Crippen molar-refractivity contribution in [2.24, 2.45) is 5.41 Å². The summed E-state index contributed by atoms with van der Waals surface area (Å²) >= 11 is 1.49. The van der Waals surface area contributed by atoms with Crippen LogP contribution in [-0.2, 0) is 11.2 Å². The molecule has 5 heteroatoms. The summed E-state index contributed by atoms with van der Waals surface area (Å²) < 4.78 is 9.53. The third-order valence-corrected chi connectivity index (χ3v) is 4.77. The number of anilines is 1. The molecule has 21 heavy (non-hydrogen) atoms. The highest BCUT2D eigenvalue weighted by Crippen LogP contribution is 2.50. The highest BCUT2D eigenvalue weighted by molar-refractivity contribution is 7.09. The number of hydrogen-bond acceptors (Lipinski definition) is 5. The first kappa shape index (κ1) is 14.5. The van der Waals surface area contributed by atoms with Gasteiger partial charge in [0.15, 0.2) is 0 Å². The Morgan fingerprint density at radius 1 is 1.33 bits per heavy atom. The van der Waals surface area contributed by atoms with Crippen molar-refractivity contribution in [2.45, 2.75) is 26.3 Å². The maximum absolute atomic E-state index is 5.09. The molecule has 1 saturated heterocycles. The van der Waals surface area contributed by atoms with Gasteiger partial charge in [-0.3, -0.25) is 0 Å². The van der Waals surface area contributed by atoms with Gasteiger partial charge in [0.05, 0.1) is 12.6 Å². The fraction of sp³-hybridized carbons (Fsp3) is 0.500. The van der Waals surface area contributed by atoms with Crippen LogP contribution in [0.3, 0.4) is 0 Å². The Morgan fingerprint density at radius 3 is 2.76 bits per heavy atom. The molecule has 0 saturated carbocycles. The van der Waals surface area contributed by atoms with Crippen LogP contribution < -0.4 is 4.90 Å². The minimum Gasteiger partial charge on any atom is -0.384 e. The first-order chi connectivity index (χ1) is 10.1. The van der Waals surface area contributed by atoms with Crippen LogP contribution in [0.4, 0.5) is 5.13 Å². The summed E-state index contributed by atoms with van der Waals surface area (Å²) in [4.78, 5) is 7.03. The number of methoxy groups -OCH3 is 1. The van der Waals surface area contributed by atoms with Crippen molar-refractivity contribution >= 4 is 16.7 Å². The molecule has 0 spiro atoms. The van der Waals surface area contributed by atoms with Gasteiger partial charge < -0.3 is 9.64 Å². The molecule has 1 aromatic carbocycles. The van der Waals surface area contributed by atoms with E-state index in [9.17, 15) is 0 Å². The number of nitrogens with zero attached hydrogens (tertiary/aromatic N) is 3. The lowest BCUT2D eigenvalue weighted by atomic mass is 9.72. The molecule has 0 amide bonds. The van der Waals surface area contributed by atoms with Crippen molar-refractivity contribution in [3.63, 3.8) is 0 Å². The molecule has 0 radical (unpaired) electrons. The van der Waals surface area contributed by atoms with E-state index in [0.717, 1.165) is 23.9 Å². The van der Waals surface area contributed by atoms with E-state index < -0.39 is 0 Å². The summed E-state index contributed by atoms with van der Waals surface area (Å²) in [6.45, 7) is 6.32. The molecule has 2 heterocycles. The molecule has 4 nitrogen and oxygen atoms in total. The summed E-state index contributed by atoms with van der Waals surface area (Å²) in [7, 11) is 1.71. The summed E-state index contributed by atoms with van der Waals surface area (Å²) in [5, 5.41) is 1.02. The van der Waals surface area contributed by atoms with Crippen molar-refractivity contribution < 1.29 is 4.74 Å². The second-order valence-corrected chi connectivity index (χ2v) is 6.90. The van der Waals surface area contributed by atoms with Crippen molar-refractivity contribution in [3.8, 4) is 0 Å². The molecule has 0 bridgehead atoms. The molecule has 112 valence electrons. The zero-order valence-corrected chi connectivity index (χ0v) is 13.6. The van der Waals surface area contributed by atoms with Crippen LogP contribution in [0.15, 0.2) is 30.3 Å². The molecule has 1 aromatic heterocycles. The predicted octanol–water partition coefficient (Wildman–Crippen LogP) is 3.31. The van der Waals surface area contributed by atoms with Gasteiger partial charge >= 0.3 is 0 Å². The van der Waals surface area contributed by atoms with Crippen LogP contribution in [0, 0.1) is 5.41 Å². The minimum absolute atomic E-state index is 0.264. The highest BCUT2D eigenvalue weighted by atomic mass is 32.1. The SMILES string of the molecule is COCCc1nsc(N2CC(C)(C)C2c2ccccc2)n1. The number of hydrogen-bond donors (Lipinski definition) is 0. The summed E-state index contributed by atoms with van der Waals surface area (Å²) in [6.07, 6.45) is 0.778. The maximum Gasteiger partial charge on any atom is 0.205 e. The molecule has 0 N–H and O–H groups in total. The van der Waals surface area contributed by atoms with E-state index in [1.54, 1.807) is 7.11 Å². The van der Waals surface area contributed by atoms with Gasteiger partial charge in [0, 0.05) is 37.0 Å². The fourth-order valence-electron chi connectivity index (χ4n) is 3.03. The van der Waals surface area contributed by atoms with Crippen molar-refractivity contribution in [1.29, 1.82) is 0 Å². The third-order valence-electron chi connectivity index (χ3n) is 3.98. The topological polar surface area (TPSA) is 38.2 Å². The predicted molar refractivity (Wildman–Crippen MR) is 85.8 cm³/mol. The summed E-state index contributed by atoms with van der Waals surface area (Å²) in [5.41, 5.74) is 1.61. The molecule has 1 aliphatic heterocycles. The van der Waals surface area contributed by atoms with Crippen LogP contribution >= 0.6 is 11.5 Å². The first-order valence-electron chi connectivity index (χ1n) is 7.25. The van der Waals surface area contributed by atoms with Gasteiger partial charge in [0.1, 0.15) is 5.82 Å². The smallest absolute Gasteiger partial charge is 0.205 e. The zero-order chi connectivity index (χ0) is 14.9. The zero-order valence-electron chi connectivity index (χ0n) is 12.7. The largest absolute Gasteiger partial charge is 0.384 e. The van der Waals surface area contributed by atoms with Crippen LogP contribution in [0.5, 0.6) is 0 Å². The van der Waals surface area contributed by atoms with Crippen LogP contribution in [0.1, 0.15) is 31.3 Å². The Kier molecular flexibility index (Phi) is 3.95. The second kappa shape index (κ2) is 5.73. The van der Waals surface area contributed by atoms with E-state index in [4.69, 9.17) is 4.74 Å². The Hall–Kier alpha value is -1.46. The lowest BCUT2D eigenvalue weighted by molar-refractivity contribution is 0.180. The van der Waals surface area contributed by atoms with Gasteiger partial charge in [0.25, 0.3) is 0 Å². The molecule has 3 rings (SSSR count). The maximum atomic E-state index is 5.09. The molecule has 1 unspecified atom stereocenters. The lowest BCUT2D eigenvalue weighted by Gasteiger charge is -2.54. The summed E-state index contributed by atoms with van der Waals surface area (Å²) in [6, 6.07) is 11.0. The monoisotopic (exact) mass is 303 g/mol. The third kappa shape index (κ3) is 2.80. The molecular formula is C16H21N3OS. The quantitative estimate of drug-likeness (QED) is 0.849. The standard InChI is InChI=1S/C16H21N3OS/c1-16(2)11-19(14(16)12-7-5-4-6-8-12)15-17-13(18-21-15)9-10-20-3/h4-8,14H,9-11H2,1-3H3. The Labute approximate surface area is 129 Å². The van der Waals surface area contributed by atoms with E-state index in [0.29, 0.717) is 12.6 Å². The number of benzene rings is 1. The second-order valence-electron chi connectivity index (χ2n) is 6.17. The Balaban J connectivity index is 1.80. The van der Waals surface area contributed by atoms with Gasteiger partial charge in [-0.1, -0.05) is 44.2 Å². The van der Waals surface area contributed by atoms with Gasteiger partial charge in [-0.05, 0) is 5.56 Å². The Morgan fingerprint density at radius 2 is 2.10 bits per heavy atom. The van der Waals surface area contributed by atoms with Gasteiger partial charge in [-0.25, -0.2) is 4.98 Å². The van der Waals surface area contributed by atoms with Crippen molar-refractivity contribution in [1.82, 2.24) is 9.36 Å². The van der Waals surface area contributed by atoms with Crippen LogP contribution in [0.25, 0.3) is 0 Å². The van der Waals surface area contributed by atoms with Crippen LogP contribution in [-0.4, -0.2) is 29.6 Å². The van der Waals surface area contributed by atoms with E-state index >= 15 is 0 Å². The molecule has 0 aliphatic carbocycles. The van der Waals surface area contributed by atoms with Gasteiger partial charge in [-0.2, -0.15) is 4.37 Å². The first-order valence-corrected chi connectivity index (χ1v) is 8.02. The summed E-state index contributed by atoms with van der Waals surface area (Å²) in [5.74, 6) is 0.883. The average Bonchev–Trinajstić information content (AvgIpc) is 2.92. The number of ether oxygens (including phenoxy) is 1. The van der Waals surface area contributed by atoms with E-state index in [1.807, 2.05) is 0 Å². The van der Waals surface area contributed by atoms with E-state index in [2.05, 4.69) is 58.4 Å².